The number of hydrogen-bond donors (Lipinski definition) is 2. The van der Waals surface area contributed by atoms with Crippen LogP contribution in [0.2, 0.25) is 0 Å². The molecular weight excluding hydrogens is 498 g/mol. The van der Waals surface area contributed by atoms with E-state index in [0.717, 1.165) is 24.0 Å². The number of anilines is 1. The molecule has 2 N–H and O–H groups in total. The van der Waals surface area contributed by atoms with E-state index in [4.69, 9.17) is 4.74 Å². The van der Waals surface area contributed by atoms with Gasteiger partial charge < -0.3 is 15.4 Å². The van der Waals surface area contributed by atoms with Crippen LogP contribution in [-0.4, -0.2) is 34.3 Å². The Morgan fingerprint density at radius 1 is 1.05 bits per heavy atom. The van der Waals surface area contributed by atoms with Crippen LogP contribution in [0.4, 0.5) is 11.4 Å². The van der Waals surface area contributed by atoms with Gasteiger partial charge in [0.1, 0.15) is 11.6 Å². The van der Waals surface area contributed by atoms with Crippen LogP contribution in [0.1, 0.15) is 58.4 Å². The lowest BCUT2D eigenvalue weighted by Gasteiger charge is -2.19. The van der Waals surface area contributed by atoms with Gasteiger partial charge in [-0.2, -0.15) is 0 Å². The number of esters is 1. The number of rotatable bonds is 11. The second kappa shape index (κ2) is 13.5. The molecule has 2 amide bonds. The molecule has 2 aromatic rings. The number of amides is 2. The Labute approximate surface area is 228 Å². The van der Waals surface area contributed by atoms with Crippen molar-refractivity contribution in [1.82, 2.24) is 5.32 Å². The van der Waals surface area contributed by atoms with E-state index in [2.05, 4.69) is 10.6 Å². The molecule has 39 heavy (non-hydrogen) atoms. The van der Waals surface area contributed by atoms with E-state index in [-0.39, 0.29) is 30.4 Å². The maximum absolute atomic E-state index is 13.3. The molecule has 1 aliphatic carbocycles. The molecule has 0 aliphatic heterocycles. The number of nitro groups is 1. The van der Waals surface area contributed by atoms with Crippen molar-refractivity contribution in [2.45, 2.75) is 70.9 Å². The molecule has 0 spiro atoms. The fourth-order valence-electron chi connectivity index (χ4n) is 4.23. The quantitative estimate of drug-likeness (QED) is 0.226. The Morgan fingerprint density at radius 3 is 2.38 bits per heavy atom. The Balaban J connectivity index is 1.69. The number of carbonyl (C=O) groups excluding carboxylic acids is 3. The first-order valence-corrected chi connectivity index (χ1v) is 13.0. The lowest BCUT2D eigenvalue weighted by atomic mass is 10.0. The third kappa shape index (κ3) is 9.52. The maximum Gasteiger partial charge on any atom is 0.306 e. The van der Waals surface area contributed by atoms with Crippen LogP contribution in [0.15, 0.2) is 77.9 Å². The molecule has 0 saturated carbocycles. The fraction of sp³-hybridized carbons (Fsp3) is 0.367. The Kier molecular flexibility index (Phi) is 10.1. The Hall–Kier alpha value is -4.27. The first-order valence-electron chi connectivity index (χ1n) is 13.0. The second-order valence-corrected chi connectivity index (χ2v) is 10.4. The molecule has 0 saturated heterocycles. The highest BCUT2D eigenvalue weighted by Crippen LogP contribution is 2.28. The summed E-state index contributed by atoms with van der Waals surface area (Å²) in [5.74, 6) is -0.999. The third-order valence-corrected chi connectivity index (χ3v) is 6.04. The van der Waals surface area contributed by atoms with E-state index < -0.39 is 22.5 Å². The summed E-state index contributed by atoms with van der Waals surface area (Å²) in [6.07, 6.45) is 6.96. The van der Waals surface area contributed by atoms with Gasteiger partial charge in [0.25, 0.3) is 5.69 Å². The number of ether oxygens (including phenoxy) is 1. The number of carbonyl (C=O) groups is 3. The van der Waals surface area contributed by atoms with Crippen LogP contribution in [-0.2, 0) is 25.5 Å². The molecule has 0 fully saturated rings. The number of nitrogens with zero attached hydrogens (tertiary/aromatic N) is 1. The number of benzene rings is 2. The molecule has 0 bridgehead atoms. The Bertz CT molecular complexity index is 1240. The standard InChI is InChI=1S/C30H35N3O6/c1-30(2,3)39-27(34)15-8-7-12-22-13-9-14-25(22)28(35)32-26(20-21-10-5-4-6-11-21)29(36)31-23-16-18-24(19-17-23)33(37)38/h4-7,10-12,16-19,26H,8-9,13-15,20H2,1-3H3,(H,31,36)(H,32,35)/b12-7+/t26-/m0/s1. The van der Waals surface area contributed by atoms with E-state index in [0.29, 0.717) is 24.1 Å². The van der Waals surface area contributed by atoms with Gasteiger partial charge in [0, 0.05) is 36.2 Å². The Morgan fingerprint density at radius 2 is 1.74 bits per heavy atom. The van der Waals surface area contributed by atoms with Gasteiger partial charge in [-0.3, -0.25) is 24.5 Å². The summed E-state index contributed by atoms with van der Waals surface area (Å²) in [4.78, 5) is 48.9. The van der Waals surface area contributed by atoms with Crippen molar-refractivity contribution in [3.8, 4) is 0 Å². The van der Waals surface area contributed by atoms with E-state index >= 15 is 0 Å². The van der Waals surface area contributed by atoms with Crippen molar-refractivity contribution in [2.24, 2.45) is 0 Å². The van der Waals surface area contributed by atoms with Gasteiger partial charge in [0.05, 0.1) is 4.92 Å². The lowest BCUT2D eigenvalue weighted by molar-refractivity contribution is -0.384. The molecule has 1 atom stereocenters. The summed E-state index contributed by atoms with van der Waals surface area (Å²) >= 11 is 0. The van der Waals surface area contributed by atoms with E-state index in [1.165, 1.54) is 24.3 Å². The van der Waals surface area contributed by atoms with Crippen molar-refractivity contribution in [1.29, 1.82) is 0 Å². The van der Waals surface area contributed by atoms with Crippen LogP contribution >= 0.6 is 0 Å². The average molecular weight is 534 g/mol. The molecule has 9 nitrogen and oxygen atoms in total. The summed E-state index contributed by atoms with van der Waals surface area (Å²) in [6, 6.07) is 14.0. The zero-order chi connectivity index (χ0) is 28.4. The van der Waals surface area contributed by atoms with E-state index in [1.807, 2.05) is 63.3 Å². The summed E-state index contributed by atoms with van der Waals surface area (Å²) in [7, 11) is 0. The van der Waals surface area contributed by atoms with Crippen molar-refractivity contribution in [3.05, 3.63) is 93.6 Å². The minimum Gasteiger partial charge on any atom is -0.460 e. The van der Waals surface area contributed by atoms with Gasteiger partial charge in [-0.15, -0.1) is 0 Å². The molecular formula is C30H35N3O6. The van der Waals surface area contributed by atoms with Crippen LogP contribution < -0.4 is 10.6 Å². The van der Waals surface area contributed by atoms with Gasteiger partial charge in [0.2, 0.25) is 11.8 Å². The van der Waals surface area contributed by atoms with E-state index in [1.54, 1.807) is 0 Å². The highest BCUT2D eigenvalue weighted by Gasteiger charge is 2.26. The third-order valence-electron chi connectivity index (χ3n) is 6.04. The zero-order valence-corrected chi connectivity index (χ0v) is 22.6. The summed E-state index contributed by atoms with van der Waals surface area (Å²) < 4.78 is 5.33. The van der Waals surface area contributed by atoms with Crippen molar-refractivity contribution >= 4 is 29.2 Å². The van der Waals surface area contributed by atoms with Crippen LogP contribution in [0.3, 0.4) is 0 Å². The molecule has 2 aromatic carbocycles. The van der Waals surface area contributed by atoms with Gasteiger partial charge in [-0.05, 0) is 69.7 Å². The molecule has 9 heteroatoms. The minimum atomic E-state index is -0.861. The topological polar surface area (TPSA) is 128 Å². The predicted octanol–water partition coefficient (Wildman–Crippen LogP) is 5.42. The molecule has 0 aromatic heterocycles. The maximum atomic E-state index is 13.3. The smallest absolute Gasteiger partial charge is 0.306 e. The van der Waals surface area contributed by atoms with Gasteiger partial charge in [-0.1, -0.05) is 42.5 Å². The highest BCUT2D eigenvalue weighted by atomic mass is 16.6. The van der Waals surface area contributed by atoms with Gasteiger partial charge in [0.15, 0.2) is 0 Å². The predicted molar refractivity (Wildman–Crippen MR) is 149 cm³/mol. The van der Waals surface area contributed by atoms with Crippen molar-refractivity contribution in [2.75, 3.05) is 5.32 Å². The first-order chi connectivity index (χ1) is 18.5. The molecule has 0 radical (unpaired) electrons. The summed E-state index contributed by atoms with van der Waals surface area (Å²) in [5.41, 5.74) is 2.19. The molecule has 0 unspecified atom stereocenters. The molecule has 0 heterocycles. The number of non-ortho nitro benzene ring substituents is 1. The average Bonchev–Trinajstić information content (AvgIpc) is 3.35. The van der Waals surface area contributed by atoms with Crippen molar-refractivity contribution in [3.63, 3.8) is 0 Å². The van der Waals surface area contributed by atoms with Gasteiger partial charge >= 0.3 is 5.97 Å². The van der Waals surface area contributed by atoms with Crippen LogP contribution in [0.5, 0.6) is 0 Å². The molecule has 3 rings (SSSR count). The number of hydrogen-bond acceptors (Lipinski definition) is 6. The molecule has 1 aliphatic rings. The van der Waals surface area contributed by atoms with E-state index in [9.17, 15) is 24.5 Å². The van der Waals surface area contributed by atoms with Gasteiger partial charge in [-0.25, -0.2) is 0 Å². The second-order valence-electron chi connectivity index (χ2n) is 10.4. The number of allylic oxidation sites excluding steroid dienone is 3. The normalized spacial score (nSPS) is 14.2. The number of nitro benzene ring substituents is 1. The first kappa shape index (κ1) is 29.3. The summed E-state index contributed by atoms with van der Waals surface area (Å²) in [5, 5.41) is 16.6. The van der Waals surface area contributed by atoms with Crippen LogP contribution in [0, 0.1) is 10.1 Å². The molecule has 206 valence electrons. The number of nitrogens with one attached hydrogen (secondary N) is 2. The fourth-order valence-corrected chi connectivity index (χ4v) is 4.23. The monoisotopic (exact) mass is 533 g/mol. The minimum absolute atomic E-state index is 0.0815. The zero-order valence-electron chi connectivity index (χ0n) is 22.6. The lowest BCUT2D eigenvalue weighted by Crippen LogP contribution is -2.45. The van der Waals surface area contributed by atoms with Crippen LogP contribution in [0.25, 0.3) is 0 Å². The SMILES string of the molecule is CC(C)(C)OC(=O)CC/C=C/C1=C(C(=O)N[C@@H](Cc2ccccc2)C(=O)Nc2ccc([N+](=O)[O-])cc2)CCC1. The summed E-state index contributed by atoms with van der Waals surface area (Å²) in [6.45, 7) is 5.48. The van der Waals surface area contributed by atoms with Crippen molar-refractivity contribution < 1.29 is 24.0 Å². The highest BCUT2D eigenvalue weighted by molar-refractivity contribution is 6.01. The largest absolute Gasteiger partial charge is 0.460 e.